The first-order valence-electron chi connectivity index (χ1n) is 6.61. The predicted molar refractivity (Wildman–Crippen MR) is 70.6 cm³/mol. The van der Waals surface area contributed by atoms with Gasteiger partial charge in [-0.3, -0.25) is 4.79 Å². The summed E-state index contributed by atoms with van der Waals surface area (Å²) in [5, 5.41) is 2.39. The Hall–Kier alpha value is -1.65. The lowest BCUT2D eigenvalue weighted by Crippen LogP contribution is -2.20. The highest BCUT2D eigenvalue weighted by Crippen LogP contribution is 2.28. The van der Waals surface area contributed by atoms with Crippen molar-refractivity contribution in [2.45, 2.75) is 38.5 Å². The Morgan fingerprint density at radius 2 is 1.95 bits per heavy atom. The summed E-state index contributed by atoms with van der Waals surface area (Å²) in [7, 11) is 0. The number of hydrogen-bond donors (Lipinski definition) is 2. The second-order valence-electron chi connectivity index (χ2n) is 5.08. The van der Waals surface area contributed by atoms with E-state index in [1.54, 1.807) is 0 Å². The minimum absolute atomic E-state index is 0.0379. The van der Waals surface area contributed by atoms with E-state index in [0.29, 0.717) is 12.3 Å². The Balaban J connectivity index is 2.00. The second-order valence-corrected chi connectivity index (χ2v) is 5.08. The number of amides is 1. The lowest BCUT2D eigenvalue weighted by atomic mass is 9.87. The highest BCUT2D eigenvalue weighted by atomic mass is 19.2. The van der Waals surface area contributed by atoms with Gasteiger partial charge in [0.2, 0.25) is 5.91 Å². The van der Waals surface area contributed by atoms with Crippen LogP contribution in [0.3, 0.4) is 0 Å². The Kier molecular flexibility index (Phi) is 4.35. The number of rotatable bonds is 3. The van der Waals surface area contributed by atoms with Crippen molar-refractivity contribution in [3.8, 4) is 0 Å². The minimum Gasteiger partial charge on any atom is -0.397 e. The number of nitrogens with two attached hydrogens (primary N) is 1. The molecule has 1 aliphatic carbocycles. The molecule has 5 heteroatoms. The third kappa shape index (κ3) is 3.43. The van der Waals surface area contributed by atoms with Crippen LogP contribution in [0.2, 0.25) is 0 Å². The Bertz CT molecular complexity index is 471. The van der Waals surface area contributed by atoms with E-state index in [2.05, 4.69) is 5.32 Å². The number of nitrogens with one attached hydrogen (secondary N) is 1. The van der Waals surface area contributed by atoms with Crippen molar-refractivity contribution in [3.63, 3.8) is 0 Å². The maximum atomic E-state index is 13.5. The fourth-order valence-electron chi connectivity index (χ4n) is 2.54. The number of nitrogen functional groups attached to an aromatic ring is 1. The molecule has 1 saturated carbocycles. The second kappa shape index (κ2) is 5.99. The van der Waals surface area contributed by atoms with Gasteiger partial charge in [-0.25, -0.2) is 8.78 Å². The molecular weight excluding hydrogens is 250 g/mol. The minimum atomic E-state index is -1.10. The molecule has 0 aliphatic heterocycles. The van der Waals surface area contributed by atoms with E-state index in [1.165, 1.54) is 12.5 Å². The monoisotopic (exact) mass is 268 g/mol. The van der Waals surface area contributed by atoms with Crippen molar-refractivity contribution in [3.05, 3.63) is 23.8 Å². The zero-order chi connectivity index (χ0) is 13.8. The topological polar surface area (TPSA) is 55.1 Å². The third-order valence-corrected chi connectivity index (χ3v) is 3.59. The molecule has 3 N–H and O–H groups in total. The summed E-state index contributed by atoms with van der Waals surface area (Å²) < 4.78 is 26.6. The highest BCUT2D eigenvalue weighted by Gasteiger charge is 2.19. The van der Waals surface area contributed by atoms with Crippen LogP contribution < -0.4 is 11.1 Å². The molecule has 0 saturated heterocycles. The van der Waals surface area contributed by atoms with E-state index in [4.69, 9.17) is 5.73 Å². The largest absolute Gasteiger partial charge is 0.397 e. The molecule has 3 nitrogen and oxygen atoms in total. The van der Waals surface area contributed by atoms with Crippen molar-refractivity contribution in [1.82, 2.24) is 0 Å². The van der Waals surface area contributed by atoms with Gasteiger partial charge in [0.1, 0.15) is 5.69 Å². The van der Waals surface area contributed by atoms with E-state index in [9.17, 15) is 13.6 Å². The molecule has 0 bridgehead atoms. The van der Waals surface area contributed by atoms with Gasteiger partial charge in [-0.15, -0.1) is 0 Å². The van der Waals surface area contributed by atoms with Gasteiger partial charge in [-0.2, -0.15) is 0 Å². The molecule has 1 aromatic rings. The first-order chi connectivity index (χ1) is 9.08. The molecule has 0 radical (unpaired) electrons. The molecule has 2 rings (SSSR count). The summed E-state index contributed by atoms with van der Waals surface area (Å²) >= 11 is 0. The standard InChI is InChI=1S/C14H18F2N2O/c15-10-6-7-11(17)14(13(10)16)18-12(19)8-9-4-2-1-3-5-9/h6-7,9H,1-5,8,17H2,(H,18,19). The Morgan fingerprint density at radius 1 is 1.26 bits per heavy atom. The van der Waals surface area contributed by atoms with Crippen LogP contribution in [0.1, 0.15) is 38.5 Å². The number of carbonyl (C=O) groups is 1. The molecule has 1 amide bonds. The smallest absolute Gasteiger partial charge is 0.224 e. The van der Waals surface area contributed by atoms with Crippen LogP contribution in [0.25, 0.3) is 0 Å². The van der Waals surface area contributed by atoms with E-state index < -0.39 is 11.6 Å². The van der Waals surface area contributed by atoms with Crippen LogP contribution in [0.5, 0.6) is 0 Å². The summed E-state index contributed by atoms with van der Waals surface area (Å²) in [5.74, 6) is -2.08. The van der Waals surface area contributed by atoms with Crippen LogP contribution in [0.4, 0.5) is 20.2 Å². The molecule has 0 spiro atoms. The summed E-state index contributed by atoms with van der Waals surface area (Å²) in [6.45, 7) is 0. The molecule has 0 heterocycles. The molecule has 0 unspecified atom stereocenters. The Morgan fingerprint density at radius 3 is 2.63 bits per heavy atom. The summed E-state index contributed by atoms with van der Waals surface area (Å²) in [4.78, 5) is 11.8. The van der Waals surface area contributed by atoms with Crippen LogP contribution >= 0.6 is 0 Å². The van der Waals surface area contributed by atoms with Crippen LogP contribution in [0.15, 0.2) is 12.1 Å². The van der Waals surface area contributed by atoms with Gasteiger partial charge in [0.05, 0.1) is 5.69 Å². The average Bonchev–Trinajstić information content (AvgIpc) is 2.40. The lowest BCUT2D eigenvalue weighted by molar-refractivity contribution is -0.117. The average molecular weight is 268 g/mol. The van der Waals surface area contributed by atoms with E-state index in [-0.39, 0.29) is 17.3 Å². The lowest BCUT2D eigenvalue weighted by Gasteiger charge is -2.21. The third-order valence-electron chi connectivity index (χ3n) is 3.59. The van der Waals surface area contributed by atoms with Crippen LogP contribution in [-0.4, -0.2) is 5.91 Å². The van der Waals surface area contributed by atoms with Crippen LogP contribution in [0, 0.1) is 17.6 Å². The number of halogens is 2. The van der Waals surface area contributed by atoms with Gasteiger partial charge >= 0.3 is 0 Å². The quantitative estimate of drug-likeness (QED) is 0.825. The van der Waals surface area contributed by atoms with Gasteiger partial charge in [0.15, 0.2) is 11.6 Å². The summed E-state index contributed by atoms with van der Waals surface area (Å²) in [6, 6.07) is 2.19. The zero-order valence-electron chi connectivity index (χ0n) is 10.7. The van der Waals surface area contributed by atoms with Gasteiger partial charge < -0.3 is 11.1 Å². The number of anilines is 2. The molecular formula is C14H18F2N2O. The van der Waals surface area contributed by atoms with E-state index in [1.807, 2.05) is 0 Å². The fourth-order valence-corrected chi connectivity index (χ4v) is 2.54. The molecule has 1 aromatic carbocycles. The van der Waals surface area contributed by atoms with Gasteiger partial charge in [0, 0.05) is 6.42 Å². The first kappa shape index (κ1) is 13.8. The maximum Gasteiger partial charge on any atom is 0.224 e. The summed E-state index contributed by atoms with van der Waals surface area (Å²) in [5.41, 5.74) is 5.34. The van der Waals surface area contributed by atoms with E-state index in [0.717, 1.165) is 31.7 Å². The van der Waals surface area contributed by atoms with Crippen molar-refractivity contribution in [2.24, 2.45) is 5.92 Å². The fraction of sp³-hybridized carbons (Fsp3) is 0.500. The van der Waals surface area contributed by atoms with E-state index >= 15 is 0 Å². The van der Waals surface area contributed by atoms with Crippen molar-refractivity contribution in [1.29, 1.82) is 0 Å². The van der Waals surface area contributed by atoms with Crippen molar-refractivity contribution < 1.29 is 13.6 Å². The molecule has 0 atom stereocenters. The van der Waals surface area contributed by atoms with Gasteiger partial charge in [-0.1, -0.05) is 19.3 Å². The van der Waals surface area contributed by atoms with Crippen LogP contribution in [-0.2, 0) is 4.79 Å². The molecule has 0 aromatic heterocycles. The van der Waals surface area contributed by atoms with Crippen molar-refractivity contribution >= 4 is 17.3 Å². The van der Waals surface area contributed by atoms with Gasteiger partial charge in [-0.05, 0) is 30.9 Å². The molecule has 1 aliphatic rings. The van der Waals surface area contributed by atoms with Gasteiger partial charge in [0.25, 0.3) is 0 Å². The number of hydrogen-bond acceptors (Lipinski definition) is 2. The summed E-state index contributed by atoms with van der Waals surface area (Å²) in [6.07, 6.45) is 5.87. The predicted octanol–water partition coefficient (Wildman–Crippen LogP) is 3.46. The highest BCUT2D eigenvalue weighted by molar-refractivity contribution is 5.94. The maximum absolute atomic E-state index is 13.5. The Labute approximate surface area is 111 Å². The zero-order valence-corrected chi connectivity index (χ0v) is 10.7. The molecule has 1 fully saturated rings. The first-order valence-corrected chi connectivity index (χ1v) is 6.61. The molecule has 104 valence electrons. The SMILES string of the molecule is Nc1ccc(F)c(F)c1NC(=O)CC1CCCCC1. The number of benzene rings is 1. The normalized spacial score (nSPS) is 16.3. The van der Waals surface area contributed by atoms with Crippen molar-refractivity contribution in [2.75, 3.05) is 11.1 Å². The molecule has 19 heavy (non-hydrogen) atoms. The number of carbonyl (C=O) groups excluding carboxylic acids is 1.